The molecule has 2 unspecified atom stereocenters. The molecule has 0 radical (unpaired) electrons. The molecule has 42 heavy (non-hydrogen) atoms. The number of carbonyl (C=O) groups is 1. The van der Waals surface area contributed by atoms with E-state index in [1.165, 1.54) is 13.5 Å². The van der Waals surface area contributed by atoms with E-state index in [4.69, 9.17) is 15.2 Å². The molecule has 0 bridgehead atoms. The number of nitrogens with two attached hydrogens (primary N) is 1. The number of piperazine rings is 1. The topological polar surface area (TPSA) is 109 Å². The maximum absolute atomic E-state index is 14.3. The van der Waals surface area contributed by atoms with Crippen LogP contribution in [0.2, 0.25) is 0 Å². The maximum Gasteiger partial charge on any atom is 0.295 e. The number of hydrogen-bond donors (Lipinski definition) is 2. The van der Waals surface area contributed by atoms with Gasteiger partial charge in [-0.2, -0.15) is 4.55 Å². The molecular weight excluding hydrogens is 552 g/mol. The Labute approximate surface area is 251 Å². The molecule has 1 saturated heterocycles. The van der Waals surface area contributed by atoms with Crippen molar-refractivity contribution in [1.29, 1.82) is 0 Å². The van der Waals surface area contributed by atoms with Gasteiger partial charge in [-0.1, -0.05) is 48.5 Å². The third-order valence-electron chi connectivity index (χ3n) is 8.23. The zero-order valence-electron chi connectivity index (χ0n) is 25.0. The largest absolute Gasteiger partial charge is 0.495 e. The number of nitrogens with zero attached hydrogens (tertiary/aromatic N) is 3. The van der Waals surface area contributed by atoms with E-state index in [1.807, 2.05) is 42.2 Å². The Morgan fingerprint density at radius 1 is 1.19 bits per heavy atom. The predicted octanol–water partition coefficient (Wildman–Crippen LogP) is 5.33. The highest BCUT2D eigenvalue weighted by Crippen LogP contribution is 2.31. The van der Waals surface area contributed by atoms with E-state index in [0.29, 0.717) is 61.4 Å². The number of methoxy groups -OCH3 is 1. The summed E-state index contributed by atoms with van der Waals surface area (Å²) in [4.78, 5) is 18.1. The summed E-state index contributed by atoms with van der Waals surface area (Å²) in [6.07, 6.45) is 5.85. The molecule has 10 heteroatoms. The van der Waals surface area contributed by atoms with E-state index in [1.54, 1.807) is 33.5 Å². The number of carbonyl (C=O) groups excluding carboxylic acids is 1. The van der Waals surface area contributed by atoms with Crippen molar-refractivity contribution in [3.63, 3.8) is 0 Å². The van der Waals surface area contributed by atoms with Crippen LogP contribution in [-0.4, -0.2) is 65.6 Å². The molecule has 1 aliphatic heterocycles. The van der Waals surface area contributed by atoms with Crippen LogP contribution in [0.15, 0.2) is 72.6 Å². The molecule has 228 valence electrons. The molecule has 9 nitrogen and oxygen atoms in total. The van der Waals surface area contributed by atoms with Crippen LogP contribution in [0.4, 0.5) is 11.4 Å². The smallest absolute Gasteiger partial charge is 0.295 e. The Balaban J connectivity index is 1.56. The summed E-state index contributed by atoms with van der Waals surface area (Å²) in [5, 5.41) is 0. The molecule has 0 aromatic heterocycles. The zero-order valence-corrected chi connectivity index (χ0v) is 25.9. The predicted molar refractivity (Wildman–Crippen MR) is 169 cm³/mol. The first-order valence-corrected chi connectivity index (χ1v) is 16.4. The van der Waals surface area contributed by atoms with Crippen molar-refractivity contribution in [2.45, 2.75) is 51.3 Å². The molecule has 3 N–H and O–H groups in total. The summed E-state index contributed by atoms with van der Waals surface area (Å²) in [6, 6.07) is 14.8. The Hall–Kier alpha value is -3.34. The van der Waals surface area contributed by atoms with Crippen LogP contribution in [0.1, 0.15) is 45.1 Å². The number of ether oxygens (including phenoxy) is 2. The quantitative estimate of drug-likeness (QED) is 0.106. The van der Waals surface area contributed by atoms with Gasteiger partial charge in [-0.15, -0.1) is 0 Å². The summed E-state index contributed by atoms with van der Waals surface area (Å²) in [5.41, 5.74) is 8.50. The molecule has 1 saturated carbocycles. The number of hydrogen-bond acceptors (Lipinski definition) is 6. The normalized spacial score (nSPS) is 18.7. The lowest BCUT2D eigenvalue weighted by molar-refractivity contribution is -0.119. The highest BCUT2D eigenvalue weighted by Gasteiger charge is 2.39. The minimum Gasteiger partial charge on any atom is -0.495 e. The molecule has 2 atom stereocenters. The van der Waals surface area contributed by atoms with Crippen LogP contribution in [0.25, 0.3) is 0 Å². The molecule has 2 aromatic carbocycles. The van der Waals surface area contributed by atoms with E-state index >= 15 is 0 Å². The number of benzene rings is 2. The minimum absolute atomic E-state index is 0.0387. The summed E-state index contributed by atoms with van der Waals surface area (Å²) in [5.74, 6) is 0.969. The lowest BCUT2D eigenvalue weighted by atomic mass is 9.86. The molecule has 0 spiro atoms. The van der Waals surface area contributed by atoms with Crippen molar-refractivity contribution in [2.75, 3.05) is 50.5 Å². The average molecular weight is 598 g/mol. The Morgan fingerprint density at radius 3 is 2.45 bits per heavy atom. The van der Waals surface area contributed by atoms with Gasteiger partial charge in [-0.3, -0.25) is 4.79 Å². The Kier molecular flexibility index (Phi) is 10.7. The van der Waals surface area contributed by atoms with Crippen molar-refractivity contribution in [1.82, 2.24) is 9.21 Å². The van der Waals surface area contributed by atoms with Crippen molar-refractivity contribution >= 4 is 27.7 Å². The Morgan fingerprint density at radius 2 is 1.88 bits per heavy atom. The average Bonchev–Trinajstić information content (AvgIpc) is 2.97. The van der Waals surface area contributed by atoms with E-state index in [0.717, 1.165) is 24.9 Å². The monoisotopic (exact) mass is 597 g/mol. The second kappa shape index (κ2) is 14.2. The first kappa shape index (κ1) is 31.6. The van der Waals surface area contributed by atoms with E-state index in [-0.39, 0.29) is 23.5 Å². The van der Waals surface area contributed by atoms with Gasteiger partial charge < -0.3 is 25.0 Å². The van der Waals surface area contributed by atoms with Crippen LogP contribution in [-0.2, 0) is 29.9 Å². The standard InChI is InChI=1S/C32H44N4O5S/c1-5-24(3)36(27-13-8-7-9-14-27)32(37)31(41-22-25-11-10-12-25)29(6-2)34-17-19-35(20-18-34)42(38,39)23-26-15-16-28(33)30(21-26)40-4/h6-9,13-16,21,24-25H,2,5,10-12,17-20,22-23,33H2,1,3-4H3/p+1/b31-29-. The molecular formula is C32H45N4O5S+. The number of amides is 1. The third-order valence-corrected chi connectivity index (χ3v) is 10.1. The van der Waals surface area contributed by atoms with Crippen LogP contribution in [0.3, 0.4) is 0 Å². The first-order valence-electron chi connectivity index (χ1n) is 14.7. The SMILES string of the molecule is C=C/C(=C(/OCC1CCC1)C(=O)N(c1ccccc1)C(C)CC)N1CCN([S+](=O)(O)Cc2ccc(N)c(OC)c2)CC1. The number of nitrogen functional groups attached to an aromatic ring is 1. The number of allylic oxidation sites excluding steroid dienone is 1. The van der Waals surface area contributed by atoms with Gasteiger partial charge in [0.15, 0.2) is 5.75 Å². The fourth-order valence-electron chi connectivity index (χ4n) is 5.29. The van der Waals surface area contributed by atoms with Gasteiger partial charge in [0.1, 0.15) is 5.75 Å². The maximum atomic E-state index is 14.3. The highest BCUT2D eigenvalue weighted by atomic mass is 32.3. The van der Waals surface area contributed by atoms with E-state index in [2.05, 4.69) is 13.5 Å². The fraction of sp³-hybridized carbons (Fsp3) is 0.469. The van der Waals surface area contributed by atoms with Gasteiger partial charge >= 0.3 is 0 Å². The lowest BCUT2D eigenvalue weighted by Crippen LogP contribution is -2.51. The summed E-state index contributed by atoms with van der Waals surface area (Å²) < 4.78 is 37.7. The summed E-state index contributed by atoms with van der Waals surface area (Å²) in [7, 11) is -1.82. The van der Waals surface area contributed by atoms with Crippen LogP contribution >= 0.6 is 0 Å². The molecule has 2 aliphatic rings. The fourth-order valence-corrected chi connectivity index (χ4v) is 6.82. The van der Waals surface area contributed by atoms with Gasteiger partial charge in [0.2, 0.25) is 5.76 Å². The van der Waals surface area contributed by atoms with Crippen molar-refractivity contribution in [3.8, 4) is 5.75 Å². The van der Waals surface area contributed by atoms with Crippen molar-refractivity contribution in [3.05, 3.63) is 78.2 Å². The second-order valence-corrected chi connectivity index (χ2v) is 13.1. The van der Waals surface area contributed by atoms with Gasteiger partial charge in [-0.05, 0) is 66.7 Å². The van der Waals surface area contributed by atoms with E-state index < -0.39 is 10.4 Å². The van der Waals surface area contributed by atoms with Crippen molar-refractivity contribution in [2.24, 2.45) is 5.92 Å². The number of para-hydroxylation sites is 1. The van der Waals surface area contributed by atoms with Crippen LogP contribution in [0, 0.1) is 5.92 Å². The van der Waals surface area contributed by atoms with Gasteiger partial charge in [0.25, 0.3) is 16.3 Å². The molecule has 1 amide bonds. The van der Waals surface area contributed by atoms with Gasteiger partial charge in [0, 0.05) is 30.4 Å². The Bertz CT molecular complexity index is 1310. The van der Waals surface area contributed by atoms with Crippen LogP contribution < -0.4 is 15.4 Å². The molecule has 1 aliphatic carbocycles. The van der Waals surface area contributed by atoms with Crippen LogP contribution in [0.5, 0.6) is 5.75 Å². The van der Waals surface area contributed by atoms with Crippen molar-refractivity contribution < 1.29 is 23.0 Å². The lowest BCUT2D eigenvalue weighted by Gasteiger charge is -2.37. The molecule has 4 rings (SSSR count). The highest BCUT2D eigenvalue weighted by molar-refractivity contribution is 7.94. The van der Waals surface area contributed by atoms with E-state index in [9.17, 15) is 13.6 Å². The van der Waals surface area contributed by atoms with Gasteiger partial charge in [0.05, 0.1) is 38.2 Å². The summed E-state index contributed by atoms with van der Waals surface area (Å²) in [6.45, 7) is 10.2. The van der Waals surface area contributed by atoms with Gasteiger partial charge in [-0.25, -0.2) is 0 Å². The number of rotatable bonds is 13. The third kappa shape index (κ3) is 7.35. The summed E-state index contributed by atoms with van der Waals surface area (Å²) >= 11 is 0. The second-order valence-electron chi connectivity index (χ2n) is 11.0. The molecule has 1 heterocycles. The number of anilines is 2. The molecule has 2 aromatic rings. The minimum atomic E-state index is -3.34. The zero-order chi connectivity index (χ0) is 30.3. The molecule has 2 fully saturated rings. The first-order chi connectivity index (χ1) is 20.2.